The minimum absolute atomic E-state index is 0.0882. The predicted molar refractivity (Wildman–Crippen MR) is 66.0 cm³/mol. The van der Waals surface area contributed by atoms with Gasteiger partial charge in [0.2, 0.25) is 0 Å². The maximum atomic E-state index is 11.1. The molecule has 0 spiro atoms. The van der Waals surface area contributed by atoms with Crippen LogP contribution in [-0.4, -0.2) is 27.2 Å². The van der Waals surface area contributed by atoms with E-state index < -0.39 is 0 Å². The minimum atomic E-state index is -0.194. The highest BCUT2D eigenvalue weighted by atomic mass is 16.5. The second-order valence-corrected chi connectivity index (χ2v) is 3.70. The van der Waals surface area contributed by atoms with Crippen LogP contribution in [0.1, 0.15) is 24.4 Å². The Morgan fingerprint density at radius 2 is 2.06 bits per heavy atom. The van der Waals surface area contributed by atoms with E-state index in [0.29, 0.717) is 12.8 Å². The van der Waals surface area contributed by atoms with E-state index in [1.54, 1.807) is 7.11 Å². The highest BCUT2D eigenvalue weighted by Crippen LogP contribution is 2.27. The van der Waals surface area contributed by atoms with E-state index in [1.165, 1.54) is 7.11 Å². The summed E-state index contributed by atoms with van der Waals surface area (Å²) in [4.78, 5) is 11.1. The van der Waals surface area contributed by atoms with Crippen LogP contribution < -0.4 is 10.1 Å². The van der Waals surface area contributed by atoms with Crippen molar-refractivity contribution < 1.29 is 14.3 Å². The molecule has 0 aromatic heterocycles. The zero-order valence-corrected chi connectivity index (χ0v) is 10.5. The van der Waals surface area contributed by atoms with E-state index in [-0.39, 0.29) is 12.0 Å². The number of nitrogens with one attached hydrogen (secondary N) is 1. The second-order valence-electron chi connectivity index (χ2n) is 3.70. The van der Waals surface area contributed by atoms with Crippen molar-refractivity contribution in [2.24, 2.45) is 0 Å². The normalized spacial score (nSPS) is 11.9. The predicted octanol–water partition coefficient (Wildman–Crippen LogP) is 1.91. The zero-order valence-electron chi connectivity index (χ0n) is 10.5. The van der Waals surface area contributed by atoms with Crippen molar-refractivity contribution in [1.29, 1.82) is 0 Å². The van der Waals surface area contributed by atoms with Gasteiger partial charge in [-0.3, -0.25) is 4.79 Å². The van der Waals surface area contributed by atoms with Crippen LogP contribution in [-0.2, 0) is 9.53 Å². The van der Waals surface area contributed by atoms with Crippen LogP contribution in [0.5, 0.6) is 5.75 Å². The van der Waals surface area contributed by atoms with Crippen LogP contribution in [0.4, 0.5) is 0 Å². The number of carbonyl (C=O) groups excluding carboxylic acids is 1. The summed E-state index contributed by atoms with van der Waals surface area (Å²) in [7, 11) is 4.92. The molecule has 0 aliphatic carbocycles. The van der Waals surface area contributed by atoms with Crippen molar-refractivity contribution >= 4 is 5.97 Å². The third kappa shape index (κ3) is 3.75. The fourth-order valence-corrected chi connectivity index (χ4v) is 1.77. The molecule has 1 aromatic rings. The van der Waals surface area contributed by atoms with Crippen molar-refractivity contribution in [2.45, 2.75) is 18.9 Å². The molecule has 0 radical (unpaired) electrons. The number of ether oxygens (including phenoxy) is 2. The molecule has 94 valence electrons. The van der Waals surface area contributed by atoms with Gasteiger partial charge in [-0.25, -0.2) is 0 Å². The number of hydrogen-bond donors (Lipinski definition) is 1. The van der Waals surface area contributed by atoms with Crippen molar-refractivity contribution in [1.82, 2.24) is 5.32 Å². The van der Waals surface area contributed by atoms with Gasteiger partial charge in [-0.1, -0.05) is 18.2 Å². The number of hydrogen-bond acceptors (Lipinski definition) is 4. The Hall–Kier alpha value is -1.55. The molecule has 0 saturated carbocycles. The molecule has 0 amide bonds. The van der Waals surface area contributed by atoms with Gasteiger partial charge in [0.15, 0.2) is 0 Å². The maximum absolute atomic E-state index is 11.1. The lowest BCUT2D eigenvalue weighted by molar-refractivity contribution is -0.140. The summed E-state index contributed by atoms with van der Waals surface area (Å²) >= 11 is 0. The van der Waals surface area contributed by atoms with Crippen LogP contribution in [0.3, 0.4) is 0 Å². The van der Waals surface area contributed by atoms with E-state index >= 15 is 0 Å². The summed E-state index contributed by atoms with van der Waals surface area (Å²) in [6, 6.07) is 7.88. The molecule has 1 unspecified atom stereocenters. The fraction of sp³-hybridized carbons (Fsp3) is 0.462. The number of methoxy groups -OCH3 is 2. The average molecular weight is 237 g/mol. The van der Waals surface area contributed by atoms with Crippen molar-refractivity contribution in [3.05, 3.63) is 29.8 Å². The van der Waals surface area contributed by atoms with E-state index in [2.05, 4.69) is 10.1 Å². The summed E-state index contributed by atoms with van der Waals surface area (Å²) in [5.74, 6) is 0.636. The van der Waals surface area contributed by atoms with Crippen LogP contribution in [0.2, 0.25) is 0 Å². The first-order chi connectivity index (χ1) is 8.22. The molecular formula is C13H19NO3. The number of carbonyl (C=O) groups is 1. The van der Waals surface area contributed by atoms with Gasteiger partial charge in [0.05, 0.1) is 14.2 Å². The highest BCUT2D eigenvalue weighted by molar-refractivity contribution is 5.69. The Morgan fingerprint density at radius 3 is 2.65 bits per heavy atom. The number of para-hydroxylation sites is 1. The van der Waals surface area contributed by atoms with Crippen molar-refractivity contribution in [3.8, 4) is 5.75 Å². The third-order valence-electron chi connectivity index (χ3n) is 2.73. The lowest BCUT2D eigenvalue weighted by Gasteiger charge is -2.18. The van der Waals surface area contributed by atoms with Gasteiger partial charge in [0.25, 0.3) is 0 Å². The second kappa shape index (κ2) is 6.91. The summed E-state index contributed by atoms with van der Waals surface area (Å²) in [5.41, 5.74) is 1.06. The molecule has 1 N–H and O–H groups in total. The Bertz CT molecular complexity index is 365. The third-order valence-corrected chi connectivity index (χ3v) is 2.73. The Labute approximate surface area is 102 Å². The maximum Gasteiger partial charge on any atom is 0.305 e. The Morgan fingerprint density at radius 1 is 1.35 bits per heavy atom. The lowest BCUT2D eigenvalue weighted by Crippen LogP contribution is -2.18. The van der Waals surface area contributed by atoms with Gasteiger partial charge in [-0.15, -0.1) is 0 Å². The molecule has 4 nitrogen and oxygen atoms in total. The highest BCUT2D eigenvalue weighted by Gasteiger charge is 2.15. The Kier molecular flexibility index (Phi) is 5.49. The molecule has 0 heterocycles. The molecular weight excluding hydrogens is 218 g/mol. The standard InChI is InChI=1S/C13H19NO3/c1-14-11(8-9-13(15)17-3)10-6-4-5-7-12(10)16-2/h4-7,11,14H,8-9H2,1-3H3. The van der Waals surface area contributed by atoms with Gasteiger partial charge in [0.1, 0.15) is 5.75 Å². The smallest absolute Gasteiger partial charge is 0.305 e. The topological polar surface area (TPSA) is 47.6 Å². The Balaban J connectivity index is 2.75. The first-order valence-corrected chi connectivity index (χ1v) is 5.60. The van der Waals surface area contributed by atoms with E-state index in [1.807, 2.05) is 31.3 Å². The van der Waals surface area contributed by atoms with Gasteiger partial charge in [0, 0.05) is 18.0 Å². The molecule has 0 fully saturated rings. The van der Waals surface area contributed by atoms with Crippen molar-refractivity contribution in [2.75, 3.05) is 21.3 Å². The molecule has 1 aromatic carbocycles. The van der Waals surface area contributed by atoms with Gasteiger partial charge < -0.3 is 14.8 Å². The van der Waals surface area contributed by atoms with Crippen LogP contribution >= 0.6 is 0 Å². The van der Waals surface area contributed by atoms with Crippen LogP contribution in [0.15, 0.2) is 24.3 Å². The molecule has 0 aliphatic rings. The SMILES string of the molecule is CNC(CCC(=O)OC)c1ccccc1OC. The molecule has 0 saturated heterocycles. The summed E-state index contributed by atoms with van der Waals surface area (Å²) in [6.07, 6.45) is 1.07. The quantitative estimate of drug-likeness (QED) is 0.768. The largest absolute Gasteiger partial charge is 0.496 e. The van der Waals surface area contributed by atoms with Gasteiger partial charge >= 0.3 is 5.97 Å². The van der Waals surface area contributed by atoms with E-state index in [0.717, 1.165) is 11.3 Å². The van der Waals surface area contributed by atoms with Crippen LogP contribution in [0, 0.1) is 0 Å². The van der Waals surface area contributed by atoms with Crippen LogP contribution in [0.25, 0.3) is 0 Å². The summed E-state index contributed by atoms with van der Waals surface area (Å²) < 4.78 is 9.94. The monoisotopic (exact) mass is 237 g/mol. The lowest BCUT2D eigenvalue weighted by atomic mass is 10.0. The van der Waals surface area contributed by atoms with Gasteiger partial charge in [-0.05, 0) is 19.5 Å². The molecule has 17 heavy (non-hydrogen) atoms. The summed E-state index contributed by atoms with van der Waals surface area (Å²) in [5, 5.41) is 3.18. The molecule has 1 atom stereocenters. The molecule has 0 bridgehead atoms. The van der Waals surface area contributed by atoms with E-state index in [4.69, 9.17) is 4.74 Å². The first-order valence-electron chi connectivity index (χ1n) is 5.60. The number of esters is 1. The van der Waals surface area contributed by atoms with E-state index in [9.17, 15) is 4.79 Å². The average Bonchev–Trinajstić information content (AvgIpc) is 2.39. The number of rotatable bonds is 6. The molecule has 1 rings (SSSR count). The number of benzene rings is 1. The first kappa shape index (κ1) is 13.5. The van der Waals surface area contributed by atoms with Gasteiger partial charge in [-0.2, -0.15) is 0 Å². The molecule has 4 heteroatoms. The summed E-state index contributed by atoms with van der Waals surface area (Å²) in [6.45, 7) is 0. The van der Waals surface area contributed by atoms with Crippen molar-refractivity contribution in [3.63, 3.8) is 0 Å². The zero-order chi connectivity index (χ0) is 12.7. The molecule has 0 aliphatic heterocycles. The fourth-order valence-electron chi connectivity index (χ4n) is 1.77. The minimum Gasteiger partial charge on any atom is -0.496 e.